The van der Waals surface area contributed by atoms with Crippen LogP contribution in [0.4, 0.5) is 10.8 Å². The Hall–Kier alpha value is -0.860. The molecule has 0 aromatic carbocycles. The molecule has 2 heterocycles. The van der Waals surface area contributed by atoms with Gasteiger partial charge in [0, 0.05) is 19.1 Å². The molecular formula is C12H19N3O3S2. The van der Waals surface area contributed by atoms with Crippen LogP contribution < -0.4 is 11.1 Å². The Morgan fingerprint density at radius 3 is 2.80 bits per heavy atom. The first-order chi connectivity index (χ1) is 9.50. The van der Waals surface area contributed by atoms with Gasteiger partial charge in [0.25, 0.3) is 0 Å². The predicted octanol–water partition coefficient (Wildman–Crippen LogP) is 1.50. The monoisotopic (exact) mass is 317 g/mol. The molecule has 1 aromatic rings. The van der Waals surface area contributed by atoms with Crippen LogP contribution in [-0.4, -0.2) is 37.3 Å². The van der Waals surface area contributed by atoms with Crippen molar-refractivity contribution in [3.8, 4) is 0 Å². The van der Waals surface area contributed by atoms with Crippen molar-refractivity contribution in [3.05, 3.63) is 0 Å². The summed E-state index contributed by atoms with van der Waals surface area (Å²) in [6, 6.07) is 0. The molecule has 6 nitrogen and oxygen atoms in total. The van der Waals surface area contributed by atoms with E-state index in [2.05, 4.69) is 9.69 Å². The molecule has 2 unspecified atom stereocenters. The van der Waals surface area contributed by atoms with Crippen LogP contribution in [0.15, 0.2) is 4.90 Å². The fourth-order valence-electron chi connectivity index (χ4n) is 2.49. The molecular weight excluding hydrogens is 298 g/mol. The third-order valence-electron chi connectivity index (χ3n) is 3.98. The first kappa shape index (κ1) is 14.1. The number of nitrogen functional groups attached to an aromatic ring is 1. The summed E-state index contributed by atoms with van der Waals surface area (Å²) >= 11 is 1.13. The molecule has 2 aliphatic rings. The first-order valence-electron chi connectivity index (χ1n) is 6.84. The molecule has 112 valence electrons. The zero-order valence-electron chi connectivity index (χ0n) is 11.3. The average Bonchev–Trinajstić information content (AvgIpc) is 3.09. The van der Waals surface area contributed by atoms with Gasteiger partial charge < -0.3 is 15.8 Å². The van der Waals surface area contributed by atoms with E-state index < -0.39 is 9.84 Å². The summed E-state index contributed by atoms with van der Waals surface area (Å²) in [4.78, 5) is 0.205. The van der Waals surface area contributed by atoms with E-state index in [1.54, 1.807) is 0 Å². The smallest absolute Gasteiger partial charge is 0.187 e. The molecule has 0 amide bonds. The van der Waals surface area contributed by atoms with Crippen molar-refractivity contribution < 1.29 is 13.2 Å². The summed E-state index contributed by atoms with van der Waals surface area (Å²) in [6.45, 7) is 3.50. The topological polar surface area (TPSA) is 94.3 Å². The highest BCUT2D eigenvalue weighted by atomic mass is 32.2. The zero-order valence-corrected chi connectivity index (χ0v) is 13.0. The van der Waals surface area contributed by atoms with Crippen LogP contribution in [-0.2, 0) is 14.6 Å². The molecule has 2 fully saturated rings. The van der Waals surface area contributed by atoms with Crippen LogP contribution in [0, 0.1) is 5.92 Å². The van der Waals surface area contributed by atoms with E-state index in [1.165, 1.54) is 0 Å². The fraction of sp³-hybridized carbons (Fsp3) is 0.750. The highest BCUT2D eigenvalue weighted by Gasteiger charge is 2.41. The lowest BCUT2D eigenvalue weighted by atomic mass is 10.0. The Morgan fingerprint density at radius 2 is 2.20 bits per heavy atom. The molecule has 8 heteroatoms. The number of anilines is 2. The van der Waals surface area contributed by atoms with Gasteiger partial charge in [0.2, 0.25) is 0 Å². The van der Waals surface area contributed by atoms with E-state index >= 15 is 0 Å². The van der Waals surface area contributed by atoms with E-state index in [0.29, 0.717) is 17.5 Å². The maximum atomic E-state index is 12.4. The van der Waals surface area contributed by atoms with Crippen LogP contribution in [0.2, 0.25) is 0 Å². The van der Waals surface area contributed by atoms with Crippen LogP contribution in [0.25, 0.3) is 0 Å². The number of nitrogens with two attached hydrogens (primary N) is 1. The summed E-state index contributed by atoms with van der Waals surface area (Å²) in [7, 11) is -3.31. The number of aromatic nitrogens is 1. The largest absolute Gasteiger partial charge is 0.382 e. The maximum absolute atomic E-state index is 12.4. The number of ether oxygens (including phenoxy) is 1. The molecule has 3 N–H and O–H groups in total. The summed E-state index contributed by atoms with van der Waals surface area (Å²) < 4.78 is 34.3. The van der Waals surface area contributed by atoms with Gasteiger partial charge in [-0.25, -0.2) is 8.42 Å². The van der Waals surface area contributed by atoms with Crippen molar-refractivity contribution in [3.63, 3.8) is 0 Å². The minimum absolute atomic E-state index is 0.125. The molecule has 0 radical (unpaired) electrons. The average molecular weight is 317 g/mol. The Labute approximate surface area is 122 Å². The van der Waals surface area contributed by atoms with Crippen LogP contribution in [0.5, 0.6) is 0 Å². The lowest BCUT2D eigenvalue weighted by molar-refractivity contribution is 0.108. The van der Waals surface area contributed by atoms with Crippen LogP contribution in [0.1, 0.15) is 26.2 Å². The van der Waals surface area contributed by atoms with Gasteiger partial charge in [0.15, 0.2) is 15.7 Å². The quantitative estimate of drug-likeness (QED) is 0.854. The number of hydrogen-bond donors (Lipinski definition) is 2. The minimum Gasteiger partial charge on any atom is -0.382 e. The molecule has 1 saturated carbocycles. The van der Waals surface area contributed by atoms with Gasteiger partial charge in [-0.2, -0.15) is 4.37 Å². The lowest BCUT2D eigenvalue weighted by Gasteiger charge is -2.15. The van der Waals surface area contributed by atoms with Crippen molar-refractivity contribution in [2.45, 2.75) is 42.4 Å². The van der Waals surface area contributed by atoms with E-state index in [4.69, 9.17) is 10.5 Å². The first-order valence-corrected chi connectivity index (χ1v) is 9.16. The van der Waals surface area contributed by atoms with Gasteiger partial charge in [-0.15, -0.1) is 0 Å². The molecule has 0 bridgehead atoms. The van der Waals surface area contributed by atoms with Gasteiger partial charge >= 0.3 is 0 Å². The predicted molar refractivity (Wildman–Crippen MR) is 78.7 cm³/mol. The van der Waals surface area contributed by atoms with E-state index in [0.717, 1.165) is 37.4 Å². The minimum atomic E-state index is -3.31. The van der Waals surface area contributed by atoms with Crippen LogP contribution >= 0.6 is 11.5 Å². The Kier molecular flexibility index (Phi) is 3.64. The SMILES string of the molecule is CC1OCCC1CNc1snc(N)c1S(=O)(=O)C1CC1. The number of nitrogens with zero attached hydrogens (tertiary/aromatic N) is 1. The third kappa shape index (κ3) is 2.51. The Balaban J connectivity index is 1.77. The Bertz CT molecular complexity index is 595. The molecule has 2 atom stereocenters. The number of sulfone groups is 1. The zero-order chi connectivity index (χ0) is 14.3. The van der Waals surface area contributed by atoms with E-state index in [9.17, 15) is 8.42 Å². The summed E-state index contributed by atoms with van der Waals surface area (Å²) in [6.07, 6.45) is 2.65. The van der Waals surface area contributed by atoms with Gasteiger partial charge in [0.1, 0.15) is 9.90 Å². The molecule has 0 spiro atoms. The fourth-order valence-corrected chi connectivity index (χ4v) is 5.39. The number of nitrogens with one attached hydrogen (secondary N) is 1. The molecule has 1 aliphatic heterocycles. The highest BCUT2D eigenvalue weighted by molar-refractivity contribution is 7.92. The summed E-state index contributed by atoms with van der Waals surface area (Å²) in [5.41, 5.74) is 5.76. The maximum Gasteiger partial charge on any atom is 0.187 e. The van der Waals surface area contributed by atoms with Gasteiger partial charge in [-0.3, -0.25) is 0 Å². The summed E-state index contributed by atoms with van der Waals surface area (Å²) in [5, 5.41) is 3.52. The van der Waals surface area contributed by atoms with Crippen molar-refractivity contribution >= 4 is 32.2 Å². The van der Waals surface area contributed by atoms with Gasteiger partial charge in [-0.1, -0.05) is 0 Å². The molecule has 1 saturated heterocycles. The van der Waals surface area contributed by atoms with Crippen molar-refractivity contribution in [2.24, 2.45) is 5.92 Å². The molecule has 3 rings (SSSR count). The van der Waals surface area contributed by atoms with E-state index in [1.807, 2.05) is 6.92 Å². The second-order valence-corrected chi connectivity index (χ2v) is 8.41. The molecule has 1 aliphatic carbocycles. The van der Waals surface area contributed by atoms with Crippen molar-refractivity contribution in [1.29, 1.82) is 0 Å². The second kappa shape index (κ2) is 5.16. The van der Waals surface area contributed by atoms with Crippen LogP contribution in [0.3, 0.4) is 0 Å². The van der Waals surface area contributed by atoms with Gasteiger partial charge in [-0.05, 0) is 37.7 Å². The third-order valence-corrected chi connectivity index (χ3v) is 7.26. The van der Waals surface area contributed by atoms with Crippen molar-refractivity contribution in [1.82, 2.24) is 4.37 Å². The normalized spacial score (nSPS) is 26.9. The Morgan fingerprint density at radius 1 is 1.45 bits per heavy atom. The molecule has 20 heavy (non-hydrogen) atoms. The van der Waals surface area contributed by atoms with Gasteiger partial charge in [0.05, 0.1) is 11.4 Å². The standard InChI is InChI=1S/C12H19N3O3S2/c1-7-8(4-5-18-7)6-14-12-10(11(13)15-19-12)20(16,17)9-2-3-9/h7-9,14H,2-6H2,1H3,(H2,13,15). The highest BCUT2D eigenvalue weighted by Crippen LogP contribution is 2.41. The number of hydrogen-bond acceptors (Lipinski definition) is 7. The number of rotatable bonds is 5. The second-order valence-electron chi connectivity index (χ2n) is 5.48. The summed E-state index contributed by atoms with van der Waals surface area (Å²) in [5.74, 6) is 0.523. The van der Waals surface area contributed by atoms with Crippen molar-refractivity contribution in [2.75, 3.05) is 24.2 Å². The lowest BCUT2D eigenvalue weighted by Crippen LogP contribution is -2.21. The van der Waals surface area contributed by atoms with E-state index in [-0.39, 0.29) is 22.1 Å². The molecule has 1 aromatic heterocycles.